The first-order valence-corrected chi connectivity index (χ1v) is 12.8. The lowest BCUT2D eigenvalue weighted by Crippen LogP contribution is -2.63. The van der Waals surface area contributed by atoms with Gasteiger partial charge in [0.05, 0.1) is 24.1 Å². The maximum absolute atomic E-state index is 15.6. The van der Waals surface area contributed by atoms with E-state index in [0.29, 0.717) is 0 Å². The topological polar surface area (TPSA) is 79.0 Å². The number of carbonyl (C=O) groups is 1. The Kier molecular flexibility index (Phi) is 5.88. The molecule has 1 aliphatic carbocycles. The van der Waals surface area contributed by atoms with Crippen LogP contribution in [0.5, 0.6) is 0 Å². The number of halogens is 1. The van der Waals surface area contributed by atoms with Crippen LogP contribution in [0.25, 0.3) is 0 Å². The molecule has 3 unspecified atom stereocenters. The van der Waals surface area contributed by atoms with E-state index in [1.165, 1.54) is 22.6 Å². The molecule has 176 valence electrons. The number of likely N-dealkylation sites (tertiary alicyclic amines) is 1. The van der Waals surface area contributed by atoms with Crippen LogP contribution >= 0.6 is 0 Å². The fraction of sp³-hybridized carbons (Fsp3) is 0.458. The maximum atomic E-state index is 15.6. The summed E-state index contributed by atoms with van der Waals surface area (Å²) < 4.78 is 49.0. The van der Waals surface area contributed by atoms with Crippen molar-refractivity contribution in [3.05, 3.63) is 65.7 Å². The summed E-state index contributed by atoms with van der Waals surface area (Å²) in [5.41, 5.74) is 0.765. The third-order valence-corrected chi connectivity index (χ3v) is 8.90. The Morgan fingerprint density at radius 2 is 1.85 bits per heavy atom. The van der Waals surface area contributed by atoms with E-state index in [9.17, 15) is 13.2 Å². The number of rotatable bonds is 3. The second-order valence-electron chi connectivity index (χ2n) is 8.84. The van der Waals surface area contributed by atoms with Crippen molar-refractivity contribution in [2.45, 2.75) is 48.5 Å². The Balaban J connectivity index is 1.30. The van der Waals surface area contributed by atoms with Crippen LogP contribution in [-0.2, 0) is 21.2 Å². The highest BCUT2D eigenvalue weighted by atomic mass is 32.2. The van der Waals surface area contributed by atoms with Gasteiger partial charge >= 0.3 is 6.03 Å². The molecule has 2 fully saturated rings. The number of hydrogen-bond acceptors (Lipinski definition) is 4. The average Bonchev–Trinajstić information content (AvgIpc) is 3.27. The summed E-state index contributed by atoms with van der Waals surface area (Å²) in [6.07, 6.45) is 1.24. The average molecular weight is 474 g/mol. The number of aryl methyl sites for hydroxylation is 1. The smallest absolute Gasteiger partial charge is 0.317 e. The molecule has 2 aromatic carbocycles. The molecule has 2 aliphatic heterocycles. The Morgan fingerprint density at radius 3 is 2.64 bits per heavy atom. The van der Waals surface area contributed by atoms with E-state index in [1.54, 1.807) is 18.2 Å². The van der Waals surface area contributed by atoms with Crippen molar-refractivity contribution in [3.63, 3.8) is 0 Å². The summed E-state index contributed by atoms with van der Waals surface area (Å²) >= 11 is 0. The third kappa shape index (κ3) is 3.92. The number of nitrogens with one attached hydrogen (secondary N) is 1. The van der Waals surface area contributed by atoms with E-state index in [0.717, 1.165) is 29.1 Å². The molecule has 33 heavy (non-hydrogen) atoms. The van der Waals surface area contributed by atoms with E-state index in [2.05, 4.69) is 11.4 Å². The van der Waals surface area contributed by atoms with Crippen LogP contribution in [-0.4, -0.2) is 61.8 Å². The van der Waals surface area contributed by atoms with Gasteiger partial charge in [0.2, 0.25) is 10.0 Å². The van der Waals surface area contributed by atoms with Gasteiger partial charge in [-0.25, -0.2) is 17.6 Å². The largest absolute Gasteiger partial charge is 0.355 e. The zero-order valence-electron chi connectivity index (χ0n) is 18.3. The summed E-state index contributed by atoms with van der Waals surface area (Å²) in [5.74, 6) is 0. The molecule has 0 aromatic heterocycles. The van der Waals surface area contributed by atoms with E-state index < -0.39 is 21.9 Å². The quantitative estimate of drug-likeness (QED) is 0.743. The molecule has 2 heterocycles. The molecule has 0 bridgehead atoms. The Bertz CT molecular complexity index is 1130. The molecule has 5 rings (SSSR count). The highest BCUT2D eigenvalue weighted by molar-refractivity contribution is 7.89. The van der Waals surface area contributed by atoms with E-state index in [-0.39, 0.29) is 49.6 Å². The predicted molar refractivity (Wildman–Crippen MR) is 121 cm³/mol. The van der Waals surface area contributed by atoms with Crippen molar-refractivity contribution in [3.8, 4) is 0 Å². The molecule has 2 aromatic rings. The number of piperidine rings is 1. The molecule has 2 saturated heterocycles. The number of alkyl halides is 1. The summed E-state index contributed by atoms with van der Waals surface area (Å²) in [5, 5.41) is 3.06. The fourth-order valence-electron chi connectivity index (χ4n) is 5.26. The summed E-state index contributed by atoms with van der Waals surface area (Å²) in [7, 11) is -3.92. The fourth-order valence-corrected chi connectivity index (χ4v) is 7.00. The standard InChI is InChI=1S/C24H28FN3O4S/c25-22-17-27(23(29)26-21-12-6-8-18-7-4-5-11-20(18)21)14-13-24(22)28(15-16-32-24)33(30,31)19-9-2-1-3-10-19/h1-5,7,9-11,21-22H,6,8,12-17H2,(H,26,29). The van der Waals surface area contributed by atoms with Gasteiger partial charge in [-0.2, -0.15) is 4.31 Å². The lowest BCUT2D eigenvalue weighted by atomic mass is 9.88. The minimum atomic E-state index is -3.92. The second kappa shape index (κ2) is 8.70. The minimum Gasteiger partial charge on any atom is -0.355 e. The van der Waals surface area contributed by atoms with E-state index in [1.807, 2.05) is 18.2 Å². The van der Waals surface area contributed by atoms with Gasteiger partial charge in [-0.15, -0.1) is 0 Å². The molecule has 9 heteroatoms. The van der Waals surface area contributed by atoms with Crippen LogP contribution in [0.2, 0.25) is 0 Å². The lowest BCUT2D eigenvalue weighted by molar-refractivity contribution is -0.135. The molecule has 1 spiro atoms. The summed E-state index contributed by atoms with van der Waals surface area (Å²) in [4.78, 5) is 14.5. The molecule has 1 N–H and O–H groups in total. The van der Waals surface area contributed by atoms with E-state index in [4.69, 9.17) is 4.74 Å². The lowest BCUT2D eigenvalue weighted by Gasteiger charge is -2.45. The molecular weight excluding hydrogens is 445 g/mol. The number of nitrogens with zero attached hydrogens (tertiary/aromatic N) is 2. The van der Waals surface area contributed by atoms with Gasteiger partial charge in [0, 0.05) is 19.5 Å². The van der Waals surface area contributed by atoms with Crippen LogP contribution in [0.15, 0.2) is 59.5 Å². The van der Waals surface area contributed by atoms with E-state index >= 15 is 4.39 Å². The first kappa shape index (κ1) is 22.3. The van der Waals surface area contributed by atoms with Gasteiger partial charge < -0.3 is 15.0 Å². The Labute approximate surface area is 193 Å². The molecule has 3 aliphatic rings. The first-order chi connectivity index (χ1) is 15.9. The van der Waals surface area contributed by atoms with Gasteiger partial charge in [-0.05, 0) is 42.5 Å². The zero-order valence-corrected chi connectivity index (χ0v) is 19.1. The van der Waals surface area contributed by atoms with Crippen molar-refractivity contribution in [2.75, 3.05) is 26.2 Å². The number of urea groups is 1. The van der Waals surface area contributed by atoms with Crippen molar-refractivity contribution in [1.82, 2.24) is 14.5 Å². The van der Waals surface area contributed by atoms with Gasteiger partial charge in [0.15, 0.2) is 11.9 Å². The Morgan fingerprint density at radius 1 is 1.09 bits per heavy atom. The number of carbonyl (C=O) groups excluding carboxylic acids is 1. The van der Waals surface area contributed by atoms with Crippen LogP contribution < -0.4 is 5.32 Å². The van der Waals surface area contributed by atoms with Gasteiger partial charge in [-0.3, -0.25) is 0 Å². The van der Waals surface area contributed by atoms with Crippen molar-refractivity contribution in [1.29, 1.82) is 0 Å². The number of sulfonamides is 1. The third-order valence-electron chi connectivity index (χ3n) is 6.96. The zero-order chi connectivity index (χ0) is 23.1. The first-order valence-electron chi connectivity index (χ1n) is 11.4. The highest BCUT2D eigenvalue weighted by Crippen LogP contribution is 2.40. The van der Waals surface area contributed by atoms with Crippen molar-refractivity contribution < 1.29 is 22.3 Å². The number of benzene rings is 2. The van der Waals surface area contributed by atoms with Gasteiger partial charge in [-0.1, -0.05) is 42.5 Å². The number of ether oxygens (including phenoxy) is 1. The second-order valence-corrected chi connectivity index (χ2v) is 10.7. The SMILES string of the molecule is O=C(NC1CCCc2ccccc21)N1CCC2(OCCN2S(=O)(=O)c2ccccc2)C(F)C1. The van der Waals surface area contributed by atoms with Gasteiger partial charge in [0.1, 0.15) is 0 Å². The molecular formula is C24H28FN3O4S. The van der Waals surface area contributed by atoms with Crippen LogP contribution in [0, 0.1) is 0 Å². The molecule has 3 atom stereocenters. The maximum Gasteiger partial charge on any atom is 0.317 e. The number of amides is 2. The van der Waals surface area contributed by atoms with Crippen LogP contribution in [0.3, 0.4) is 0 Å². The van der Waals surface area contributed by atoms with Crippen LogP contribution in [0.1, 0.15) is 36.4 Å². The molecule has 0 saturated carbocycles. The number of fused-ring (bicyclic) bond motifs is 1. The Hall–Kier alpha value is -2.49. The minimum absolute atomic E-state index is 0.0783. The predicted octanol–water partition coefficient (Wildman–Crippen LogP) is 3.23. The summed E-state index contributed by atoms with van der Waals surface area (Å²) in [6, 6.07) is 15.6. The molecule has 0 radical (unpaired) electrons. The summed E-state index contributed by atoms with van der Waals surface area (Å²) in [6.45, 7) is 0.197. The molecule has 7 nitrogen and oxygen atoms in total. The van der Waals surface area contributed by atoms with Crippen molar-refractivity contribution >= 4 is 16.1 Å². The monoisotopic (exact) mass is 473 g/mol. The molecule has 2 amide bonds. The van der Waals surface area contributed by atoms with Crippen molar-refractivity contribution in [2.24, 2.45) is 0 Å². The number of hydrogen-bond donors (Lipinski definition) is 1. The van der Waals surface area contributed by atoms with Gasteiger partial charge in [0.25, 0.3) is 0 Å². The highest BCUT2D eigenvalue weighted by Gasteiger charge is 2.57. The normalized spacial score (nSPS) is 28.0. The van der Waals surface area contributed by atoms with Crippen LogP contribution in [0.4, 0.5) is 9.18 Å².